The molecule has 2 aromatic heterocycles. The molecule has 0 radical (unpaired) electrons. The predicted molar refractivity (Wildman–Crippen MR) is 72.0 cm³/mol. The molecule has 2 heterocycles. The Morgan fingerprint density at radius 1 is 1.00 bits per heavy atom. The van der Waals surface area contributed by atoms with Gasteiger partial charge in [-0.15, -0.1) is 10.2 Å². The normalized spacial score (nSPS) is 10.5. The van der Waals surface area contributed by atoms with Crippen LogP contribution in [0.25, 0.3) is 22.9 Å². The highest BCUT2D eigenvalue weighted by atomic mass is 16.5. The molecule has 3 rings (SSSR count). The summed E-state index contributed by atoms with van der Waals surface area (Å²) in [5.74, 6) is 2.16. The van der Waals surface area contributed by atoms with Crippen LogP contribution in [0.15, 0.2) is 41.1 Å². The second kappa shape index (κ2) is 5.08. The number of para-hydroxylation sites is 1. The topological polar surface area (TPSA) is 73.9 Å². The quantitative estimate of drug-likeness (QED) is 0.726. The summed E-state index contributed by atoms with van der Waals surface area (Å²) in [7, 11) is 1.60. The molecule has 20 heavy (non-hydrogen) atoms. The first-order valence-electron chi connectivity index (χ1n) is 6.04. The Bertz CT molecular complexity index is 722. The van der Waals surface area contributed by atoms with E-state index < -0.39 is 0 Å². The fourth-order valence-electron chi connectivity index (χ4n) is 1.77. The number of hydrogen-bond acceptors (Lipinski definition) is 6. The Hall–Kier alpha value is -2.76. The first-order valence-corrected chi connectivity index (χ1v) is 6.04. The van der Waals surface area contributed by atoms with Crippen molar-refractivity contribution in [1.82, 2.24) is 20.2 Å². The van der Waals surface area contributed by atoms with E-state index in [4.69, 9.17) is 9.15 Å². The summed E-state index contributed by atoms with van der Waals surface area (Å²) in [6.45, 7) is 1.82. The molecular weight excluding hydrogens is 256 g/mol. The van der Waals surface area contributed by atoms with Crippen molar-refractivity contribution in [3.63, 3.8) is 0 Å². The van der Waals surface area contributed by atoms with Crippen molar-refractivity contribution < 1.29 is 9.15 Å². The second-order valence-electron chi connectivity index (χ2n) is 4.13. The number of ether oxygens (including phenoxy) is 1. The maximum absolute atomic E-state index is 5.66. The van der Waals surface area contributed by atoms with Crippen LogP contribution in [0.5, 0.6) is 5.75 Å². The number of benzene rings is 1. The van der Waals surface area contributed by atoms with Crippen LogP contribution in [0, 0.1) is 6.92 Å². The smallest absolute Gasteiger partial charge is 0.251 e. The molecular formula is C14H12N4O2. The van der Waals surface area contributed by atoms with Gasteiger partial charge in [-0.25, -0.2) is 9.97 Å². The van der Waals surface area contributed by atoms with Gasteiger partial charge >= 0.3 is 0 Å². The Balaban J connectivity index is 2.00. The van der Waals surface area contributed by atoms with Gasteiger partial charge in [-0.05, 0) is 19.1 Å². The minimum absolute atomic E-state index is 0.380. The van der Waals surface area contributed by atoms with Crippen LogP contribution >= 0.6 is 0 Å². The van der Waals surface area contributed by atoms with E-state index in [-0.39, 0.29) is 0 Å². The minimum atomic E-state index is 0.380. The summed E-state index contributed by atoms with van der Waals surface area (Å²) < 4.78 is 10.9. The van der Waals surface area contributed by atoms with E-state index in [1.54, 1.807) is 19.5 Å². The lowest BCUT2D eigenvalue weighted by Gasteiger charge is -2.03. The Morgan fingerprint density at radius 3 is 2.45 bits per heavy atom. The average Bonchev–Trinajstić information content (AvgIpc) is 2.97. The summed E-state index contributed by atoms with van der Waals surface area (Å²) in [5, 5.41) is 8.06. The van der Waals surface area contributed by atoms with Gasteiger partial charge in [0.15, 0.2) is 0 Å². The van der Waals surface area contributed by atoms with Gasteiger partial charge in [0.1, 0.15) is 11.6 Å². The van der Waals surface area contributed by atoms with Crippen molar-refractivity contribution in [3.05, 3.63) is 42.5 Å². The van der Waals surface area contributed by atoms with E-state index >= 15 is 0 Å². The molecule has 0 aliphatic carbocycles. The molecule has 0 N–H and O–H groups in total. The largest absolute Gasteiger partial charge is 0.496 e. The third-order valence-corrected chi connectivity index (χ3v) is 2.79. The Kier molecular flexibility index (Phi) is 3.12. The highest BCUT2D eigenvalue weighted by Gasteiger charge is 2.14. The van der Waals surface area contributed by atoms with Crippen LogP contribution in [0.2, 0.25) is 0 Å². The van der Waals surface area contributed by atoms with E-state index in [9.17, 15) is 0 Å². The van der Waals surface area contributed by atoms with Crippen molar-refractivity contribution in [3.8, 4) is 28.7 Å². The molecule has 0 saturated heterocycles. The predicted octanol–water partition coefficient (Wildman–Crippen LogP) is 2.51. The number of aryl methyl sites for hydroxylation is 1. The van der Waals surface area contributed by atoms with Gasteiger partial charge in [0.25, 0.3) is 11.8 Å². The number of hydrogen-bond donors (Lipinski definition) is 0. The molecule has 6 nitrogen and oxygen atoms in total. The number of methoxy groups -OCH3 is 1. The molecule has 6 heteroatoms. The van der Waals surface area contributed by atoms with Crippen molar-refractivity contribution in [2.24, 2.45) is 0 Å². The van der Waals surface area contributed by atoms with E-state index in [1.807, 2.05) is 31.2 Å². The minimum Gasteiger partial charge on any atom is -0.496 e. The highest BCUT2D eigenvalue weighted by molar-refractivity contribution is 5.63. The lowest BCUT2D eigenvalue weighted by atomic mass is 10.2. The van der Waals surface area contributed by atoms with Gasteiger partial charge in [-0.3, -0.25) is 0 Å². The van der Waals surface area contributed by atoms with Gasteiger partial charge in [0.2, 0.25) is 0 Å². The average molecular weight is 268 g/mol. The standard InChI is InChI=1S/C14H12N4O2/c1-9-15-7-10(8-16-9)13-17-18-14(20-13)11-5-3-4-6-12(11)19-2/h3-8H,1-2H3. The van der Waals surface area contributed by atoms with Crippen molar-refractivity contribution in [2.45, 2.75) is 6.92 Å². The Morgan fingerprint density at radius 2 is 1.70 bits per heavy atom. The molecule has 0 unspecified atom stereocenters. The molecule has 0 spiro atoms. The summed E-state index contributed by atoms with van der Waals surface area (Å²) in [4.78, 5) is 8.22. The molecule has 0 atom stereocenters. The number of rotatable bonds is 3. The van der Waals surface area contributed by atoms with Crippen molar-refractivity contribution in [1.29, 1.82) is 0 Å². The van der Waals surface area contributed by atoms with Crippen LogP contribution in [0.4, 0.5) is 0 Å². The molecule has 0 fully saturated rings. The summed E-state index contributed by atoms with van der Waals surface area (Å²) in [6.07, 6.45) is 3.31. The van der Waals surface area contributed by atoms with Crippen LogP contribution in [0.1, 0.15) is 5.82 Å². The van der Waals surface area contributed by atoms with Crippen LogP contribution < -0.4 is 4.74 Å². The zero-order valence-electron chi connectivity index (χ0n) is 11.1. The van der Waals surface area contributed by atoms with Gasteiger partial charge in [-0.1, -0.05) is 12.1 Å². The zero-order valence-corrected chi connectivity index (χ0v) is 11.1. The fourth-order valence-corrected chi connectivity index (χ4v) is 1.77. The maximum Gasteiger partial charge on any atom is 0.251 e. The van der Waals surface area contributed by atoms with Gasteiger partial charge in [0.05, 0.1) is 18.2 Å². The van der Waals surface area contributed by atoms with Crippen LogP contribution in [-0.2, 0) is 0 Å². The fraction of sp³-hybridized carbons (Fsp3) is 0.143. The van der Waals surface area contributed by atoms with Gasteiger partial charge in [0, 0.05) is 12.4 Å². The van der Waals surface area contributed by atoms with E-state index in [0.29, 0.717) is 28.9 Å². The van der Waals surface area contributed by atoms with E-state index in [0.717, 1.165) is 5.56 Å². The molecule has 1 aromatic carbocycles. The van der Waals surface area contributed by atoms with Gasteiger partial charge in [-0.2, -0.15) is 0 Å². The van der Waals surface area contributed by atoms with E-state index in [2.05, 4.69) is 20.2 Å². The SMILES string of the molecule is COc1ccccc1-c1nnc(-c2cnc(C)nc2)o1. The number of aromatic nitrogens is 4. The lowest BCUT2D eigenvalue weighted by molar-refractivity contribution is 0.414. The second-order valence-corrected chi connectivity index (χ2v) is 4.13. The van der Waals surface area contributed by atoms with Crippen LogP contribution in [-0.4, -0.2) is 27.3 Å². The first kappa shape index (κ1) is 12.3. The van der Waals surface area contributed by atoms with Crippen LogP contribution in [0.3, 0.4) is 0 Å². The third kappa shape index (κ3) is 2.23. The maximum atomic E-state index is 5.66. The molecule has 0 saturated carbocycles. The zero-order chi connectivity index (χ0) is 13.9. The van der Waals surface area contributed by atoms with Crippen molar-refractivity contribution >= 4 is 0 Å². The number of nitrogens with zero attached hydrogens (tertiary/aromatic N) is 4. The molecule has 0 aliphatic rings. The molecule has 0 bridgehead atoms. The lowest BCUT2D eigenvalue weighted by Crippen LogP contribution is -1.87. The van der Waals surface area contributed by atoms with E-state index in [1.165, 1.54) is 0 Å². The monoisotopic (exact) mass is 268 g/mol. The summed E-state index contributed by atoms with van der Waals surface area (Å²) in [5.41, 5.74) is 1.44. The molecule has 3 aromatic rings. The molecule has 100 valence electrons. The summed E-state index contributed by atoms with van der Waals surface area (Å²) in [6, 6.07) is 7.47. The molecule has 0 amide bonds. The van der Waals surface area contributed by atoms with Crippen molar-refractivity contribution in [2.75, 3.05) is 7.11 Å². The third-order valence-electron chi connectivity index (χ3n) is 2.79. The Labute approximate surface area is 115 Å². The molecule has 0 aliphatic heterocycles. The highest BCUT2D eigenvalue weighted by Crippen LogP contribution is 2.30. The van der Waals surface area contributed by atoms with Gasteiger partial charge < -0.3 is 9.15 Å². The first-order chi connectivity index (χ1) is 9.78. The summed E-state index contributed by atoms with van der Waals surface area (Å²) >= 11 is 0.